The zero-order chi connectivity index (χ0) is 14.3. The third kappa shape index (κ3) is 2.19. The summed E-state index contributed by atoms with van der Waals surface area (Å²) in [4.78, 5) is 36.4. The van der Waals surface area contributed by atoms with Crippen molar-refractivity contribution in [1.82, 2.24) is 10.2 Å². The van der Waals surface area contributed by atoms with Crippen molar-refractivity contribution < 1.29 is 14.4 Å². The summed E-state index contributed by atoms with van der Waals surface area (Å²) in [5.41, 5.74) is 2.81. The SMILES string of the molecule is CN1Cc2cc(CC3CCC(=O)NC3=O)ccc2C1=O. The quantitative estimate of drug-likeness (QED) is 0.812. The number of carbonyl (C=O) groups is 3. The summed E-state index contributed by atoms with van der Waals surface area (Å²) in [6, 6.07) is 5.74. The van der Waals surface area contributed by atoms with Gasteiger partial charge in [0, 0.05) is 31.5 Å². The summed E-state index contributed by atoms with van der Waals surface area (Å²) >= 11 is 0. The van der Waals surface area contributed by atoms with Crippen LogP contribution >= 0.6 is 0 Å². The summed E-state index contributed by atoms with van der Waals surface area (Å²) < 4.78 is 0. The molecule has 0 radical (unpaired) electrons. The number of carbonyl (C=O) groups excluding carboxylic acids is 3. The Bertz CT molecular complexity index is 609. The molecule has 1 atom stereocenters. The molecular weight excluding hydrogens is 256 g/mol. The second kappa shape index (κ2) is 4.74. The van der Waals surface area contributed by atoms with Crippen LogP contribution in [0.4, 0.5) is 0 Å². The Kier molecular flexibility index (Phi) is 3.04. The summed E-state index contributed by atoms with van der Waals surface area (Å²) in [7, 11) is 1.78. The highest BCUT2D eigenvalue weighted by Gasteiger charge is 2.28. The monoisotopic (exact) mass is 272 g/mol. The van der Waals surface area contributed by atoms with Gasteiger partial charge in [0.2, 0.25) is 11.8 Å². The van der Waals surface area contributed by atoms with Gasteiger partial charge < -0.3 is 4.90 Å². The molecule has 3 amide bonds. The van der Waals surface area contributed by atoms with Crippen molar-refractivity contribution in [2.24, 2.45) is 5.92 Å². The highest BCUT2D eigenvalue weighted by molar-refractivity contribution is 5.99. The van der Waals surface area contributed by atoms with Crippen LogP contribution in [0.15, 0.2) is 18.2 Å². The van der Waals surface area contributed by atoms with Gasteiger partial charge in [0.05, 0.1) is 0 Å². The summed E-state index contributed by atoms with van der Waals surface area (Å²) in [6.45, 7) is 0.622. The van der Waals surface area contributed by atoms with E-state index in [1.807, 2.05) is 18.2 Å². The Labute approximate surface area is 116 Å². The molecule has 1 fully saturated rings. The van der Waals surface area contributed by atoms with Crippen LogP contribution in [0.2, 0.25) is 0 Å². The molecule has 1 aromatic carbocycles. The van der Waals surface area contributed by atoms with Gasteiger partial charge in [-0.05, 0) is 30.0 Å². The number of amides is 3. The lowest BCUT2D eigenvalue weighted by Crippen LogP contribution is -2.41. The van der Waals surface area contributed by atoms with Crippen LogP contribution in [0.3, 0.4) is 0 Å². The largest absolute Gasteiger partial charge is 0.337 e. The van der Waals surface area contributed by atoms with E-state index in [2.05, 4.69) is 5.32 Å². The van der Waals surface area contributed by atoms with Gasteiger partial charge in [-0.3, -0.25) is 19.7 Å². The average Bonchev–Trinajstić information content (AvgIpc) is 2.68. The molecule has 0 saturated carbocycles. The Balaban J connectivity index is 1.77. The fourth-order valence-electron chi connectivity index (χ4n) is 2.86. The number of rotatable bonds is 2. The minimum atomic E-state index is -0.188. The molecule has 1 unspecified atom stereocenters. The first kappa shape index (κ1) is 12.8. The first-order valence-corrected chi connectivity index (χ1v) is 6.75. The van der Waals surface area contributed by atoms with Crippen LogP contribution in [0, 0.1) is 5.92 Å². The number of hydrogen-bond acceptors (Lipinski definition) is 3. The Morgan fingerprint density at radius 3 is 2.85 bits per heavy atom. The number of piperidine rings is 1. The van der Waals surface area contributed by atoms with Gasteiger partial charge in [0.1, 0.15) is 0 Å². The van der Waals surface area contributed by atoms with E-state index in [-0.39, 0.29) is 23.6 Å². The van der Waals surface area contributed by atoms with Gasteiger partial charge in [-0.15, -0.1) is 0 Å². The highest BCUT2D eigenvalue weighted by atomic mass is 16.2. The molecule has 0 spiro atoms. The molecule has 3 rings (SSSR count). The third-order valence-corrected chi connectivity index (χ3v) is 3.99. The Morgan fingerprint density at radius 1 is 1.30 bits per heavy atom. The van der Waals surface area contributed by atoms with Gasteiger partial charge in [-0.1, -0.05) is 12.1 Å². The maximum atomic E-state index is 11.8. The van der Waals surface area contributed by atoms with Crippen LogP contribution in [-0.2, 0) is 22.6 Å². The summed E-state index contributed by atoms with van der Waals surface area (Å²) in [5.74, 6) is -0.476. The van der Waals surface area contributed by atoms with Crippen molar-refractivity contribution in [3.05, 3.63) is 34.9 Å². The minimum Gasteiger partial charge on any atom is -0.337 e. The molecule has 2 aliphatic rings. The molecule has 20 heavy (non-hydrogen) atoms. The van der Waals surface area contributed by atoms with E-state index in [0.717, 1.165) is 16.7 Å². The number of hydrogen-bond donors (Lipinski definition) is 1. The summed E-state index contributed by atoms with van der Waals surface area (Å²) in [5, 5.41) is 2.38. The van der Waals surface area contributed by atoms with Crippen LogP contribution in [-0.4, -0.2) is 29.7 Å². The first-order valence-electron chi connectivity index (χ1n) is 6.75. The molecule has 0 aliphatic carbocycles. The second-order valence-electron chi connectivity index (χ2n) is 5.50. The zero-order valence-electron chi connectivity index (χ0n) is 11.3. The van der Waals surface area contributed by atoms with Crippen LogP contribution in [0.5, 0.6) is 0 Å². The second-order valence-corrected chi connectivity index (χ2v) is 5.50. The van der Waals surface area contributed by atoms with E-state index in [4.69, 9.17) is 0 Å². The highest BCUT2D eigenvalue weighted by Crippen LogP contribution is 2.25. The van der Waals surface area contributed by atoms with Crippen LogP contribution < -0.4 is 5.32 Å². The summed E-state index contributed by atoms with van der Waals surface area (Å²) in [6.07, 6.45) is 1.62. The van der Waals surface area contributed by atoms with Crippen molar-refractivity contribution in [2.45, 2.75) is 25.8 Å². The molecule has 2 heterocycles. The van der Waals surface area contributed by atoms with E-state index in [0.29, 0.717) is 25.8 Å². The normalized spacial score (nSPS) is 21.9. The fraction of sp³-hybridized carbons (Fsp3) is 0.400. The average molecular weight is 272 g/mol. The fourth-order valence-corrected chi connectivity index (χ4v) is 2.86. The molecule has 1 aromatic rings. The van der Waals surface area contributed by atoms with Gasteiger partial charge >= 0.3 is 0 Å². The lowest BCUT2D eigenvalue weighted by Gasteiger charge is -2.20. The van der Waals surface area contributed by atoms with Crippen LogP contribution in [0.25, 0.3) is 0 Å². The molecule has 0 bridgehead atoms. The predicted molar refractivity (Wildman–Crippen MR) is 71.8 cm³/mol. The van der Waals surface area contributed by atoms with Crippen LogP contribution in [0.1, 0.15) is 34.3 Å². The number of benzene rings is 1. The van der Waals surface area contributed by atoms with Crippen molar-refractivity contribution in [1.29, 1.82) is 0 Å². The topological polar surface area (TPSA) is 66.5 Å². The third-order valence-electron chi connectivity index (χ3n) is 3.99. The van der Waals surface area contributed by atoms with Crippen molar-refractivity contribution >= 4 is 17.7 Å². The molecule has 0 aromatic heterocycles. The molecule has 2 aliphatic heterocycles. The lowest BCUT2D eigenvalue weighted by atomic mass is 9.90. The molecule has 5 nitrogen and oxygen atoms in total. The van der Waals surface area contributed by atoms with Crippen molar-refractivity contribution in [3.8, 4) is 0 Å². The van der Waals surface area contributed by atoms with Crippen molar-refractivity contribution in [2.75, 3.05) is 7.05 Å². The molecular formula is C15H16N2O3. The standard InChI is InChI=1S/C15H16N2O3/c1-17-8-11-7-9(2-4-12(11)15(17)20)6-10-3-5-13(18)16-14(10)19/h2,4,7,10H,3,5-6,8H2,1H3,(H,16,18,19). The van der Waals surface area contributed by atoms with E-state index in [1.165, 1.54) is 0 Å². The van der Waals surface area contributed by atoms with E-state index >= 15 is 0 Å². The maximum Gasteiger partial charge on any atom is 0.254 e. The number of fused-ring (bicyclic) bond motifs is 1. The molecule has 1 N–H and O–H groups in total. The Morgan fingerprint density at radius 2 is 2.10 bits per heavy atom. The van der Waals surface area contributed by atoms with Gasteiger partial charge in [0.15, 0.2) is 0 Å². The maximum absolute atomic E-state index is 11.8. The van der Waals surface area contributed by atoms with E-state index < -0.39 is 0 Å². The number of nitrogens with zero attached hydrogens (tertiary/aromatic N) is 1. The van der Waals surface area contributed by atoms with E-state index in [9.17, 15) is 14.4 Å². The Hall–Kier alpha value is -2.17. The van der Waals surface area contributed by atoms with E-state index in [1.54, 1.807) is 11.9 Å². The van der Waals surface area contributed by atoms with Gasteiger partial charge in [-0.25, -0.2) is 0 Å². The number of nitrogens with one attached hydrogen (secondary N) is 1. The predicted octanol–water partition coefficient (Wildman–Crippen LogP) is 0.867. The number of imide groups is 1. The lowest BCUT2D eigenvalue weighted by molar-refractivity contribution is -0.136. The van der Waals surface area contributed by atoms with Crippen molar-refractivity contribution in [3.63, 3.8) is 0 Å². The molecule has 104 valence electrons. The van der Waals surface area contributed by atoms with Gasteiger partial charge in [-0.2, -0.15) is 0 Å². The zero-order valence-corrected chi connectivity index (χ0v) is 11.3. The first-order chi connectivity index (χ1) is 9.54. The minimum absolute atomic E-state index is 0.0487. The smallest absolute Gasteiger partial charge is 0.254 e. The molecule has 1 saturated heterocycles. The molecule has 5 heteroatoms. The van der Waals surface area contributed by atoms with Gasteiger partial charge in [0.25, 0.3) is 5.91 Å².